The third kappa shape index (κ3) is 3.90. The van der Waals surface area contributed by atoms with Crippen molar-refractivity contribution in [3.05, 3.63) is 35.4 Å². The zero-order chi connectivity index (χ0) is 17.9. The van der Waals surface area contributed by atoms with Crippen LogP contribution < -0.4 is 5.32 Å². The number of carbonyl (C=O) groups is 2. The second-order valence-corrected chi connectivity index (χ2v) is 6.23. The van der Waals surface area contributed by atoms with Crippen LogP contribution in [0, 0.1) is 11.6 Å². The van der Waals surface area contributed by atoms with Gasteiger partial charge in [-0.15, -0.1) is 0 Å². The van der Waals surface area contributed by atoms with Crippen molar-refractivity contribution >= 4 is 11.8 Å². The van der Waals surface area contributed by atoms with E-state index in [1.165, 1.54) is 11.8 Å². The molecule has 0 aliphatic carbocycles. The number of carbonyl (C=O) groups excluding carboxylic acids is 2. The van der Waals surface area contributed by atoms with Gasteiger partial charge in [0.25, 0.3) is 0 Å². The zero-order valence-electron chi connectivity index (χ0n) is 13.8. The van der Waals surface area contributed by atoms with E-state index in [9.17, 15) is 23.5 Å². The molecule has 1 heterocycles. The predicted molar refractivity (Wildman–Crippen MR) is 84.0 cm³/mol. The molecular weight excluding hydrogens is 318 g/mol. The Bertz CT molecular complexity index is 634. The molecule has 1 aromatic rings. The lowest BCUT2D eigenvalue weighted by atomic mass is 9.95. The number of rotatable bonds is 6. The lowest BCUT2D eigenvalue weighted by molar-refractivity contribution is -0.138. The molecule has 0 bridgehead atoms. The van der Waals surface area contributed by atoms with Crippen LogP contribution in [0.5, 0.6) is 0 Å². The highest BCUT2D eigenvalue weighted by molar-refractivity contribution is 5.88. The topological polar surface area (TPSA) is 69.6 Å². The average molecular weight is 340 g/mol. The van der Waals surface area contributed by atoms with Gasteiger partial charge in [0, 0.05) is 24.6 Å². The van der Waals surface area contributed by atoms with Gasteiger partial charge in [-0.3, -0.25) is 9.59 Å². The number of aliphatic hydroxyl groups is 1. The molecule has 7 heteroatoms. The maximum absolute atomic E-state index is 13.8. The van der Waals surface area contributed by atoms with Gasteiger partial charge in [-0.2, -0.15) is 0 Å². The standard InChI is InChI=1S/C17H22F2N2O3/c1-3-14(21-8-4-5-15(21)22)16(23)20-10-17(2,24)12-7-6-11(18)9-13(12)19/h6-7,9,14,24H,3-5,8,10H2,1-2H3,(H,20,23). The van der Waals surface area contributed by atoms with Crippen LogP contribution in [0.3, 0.4) is 0 Å². The van der Waals surface area contributed by atoms with Crippen molar-refractivity contribution in [2.75, 3.05) is 13.1 Å². The smallest absolute Gasteiger partial charge is 0.242 e. The summed E-state index contributed by atoms with van der Waals surface area (Å²) in [5.74, 6) is -2.07. The molecule has 0 radical (unpaired) electrons. The van der Waals surface area contributed by atoms with Crippen molar-refractivity contribution in [2.24, 2.45) is 0 Å². The fourth-order valence-corrected chi connectivity index (χ4v) is 2.94. The Labute approximate surface area is 139 Å². The number of hydrogen-bond acceptors (Lipinski definition) is 3. The Hall–Kier alpha value is -2.02. The van der Waals surface area contributed by atoms with E-state index in [0.29, 0.717) is 25.5 Å². The molecule has 2 unspecified atom stereocenters. The van der Waals surface area contributed by atoms with Crippen molar-refractivity contribution in [3.8, 4) is 0 Å². The molecule has 1 aliphatic heterocycles. The summed E-state index contributed by atoms with van der Waals surface area (Å²) < 4.78 is 26.8. The summed E-state index contributed by atoms with van der Waals surface area (Å²) in [5, 5.41) is 13.0. The van der Waals surface area contributed by atoms with Crippen LogP contribution in [0.1, 0.15) is 38.7 Å². The quantitative estimate of drug-likeness (QED) is 0.828. The predicted octanol–water partition coefficient (Wildman–Crippen LogP) is 1.69. The molecule has 1 aliphatic rings. The molecule has 2 atom stereocenters. The molecule has 0 saturated carbocycles. The van der Waals surface area contributed by atoms with Gasteiger partial charge in [0.15, 0.2) is 0 Å². The van der Waals surface area contributed by atoms with Gasteiger partial charge < -0.3 is 15.3 Å². The molecular formula is C17H22F2N2O3. The van der Waals surface area contributed by atoms with Crippen molar-refractivity contribution in [3.63, 3.8) is 0 Å². The van der Waals surface area contributed by atoms with Crippen molar-refractivity contribution in [1.82, 2.24) is 10.2 Å². The van der Waals surface area contributed by atoms with Gasteiger partial charge >= 0.3 is 0 Å². The highest BCUT2D eigenvalue weighted by Gasteiger charge is 2.33. The molecule has 2 amide bonds. The second kappa shape index (κ2) is 7.25. The molecule has 5 nitrogen and oxygen atoms in total. The minimum absolute atomic E-state index is 0.0617. The van der Waals surface area contributed by atoms with E-state index >= 15 is 0 Å². The highest BCUT2D eigenvalue weighted by Crippen LogP contribution is 2.24. The first-order valence-electron chi connectivity index (χ1n) is 8.01. The normalized spacial score (nSPS) is 18.4. The monoisotopic (exact) mass is 340 g/mol. The SMILES string of the molecule is CCC(C(=O)NCC(C)(O)c1ccc(F)cc1F)N1CCCC1=O. The number of halogens is 2. The summed E-state index contributed by atoms with van der Waals surface area (Å²) in [6, 6.07) is 2.28. The van der Waals surface area contributed by atoms with Crippen molar-refractivity contribution < 1.29 is 23.5 Å². The van der Waals surface area contributed by atoms with E-state index < -0.39 is 29.2 Å². The summed E-state index contributed by atoms with van der Waals surface area (Å²) in [5.41, 5.74) is -1.80. The van der Waals surface area contributed by atoms with E-state index in [-0.39, 0.29) is 18.0 Å². The molecule has 0 spiro atoms. The molecule has 1 saturated heterocycles. The average Bonchev–Trinajstić information content (AvgIpc) is 2.92. The minimum atomic E-state index is -1.69. The molecule has 1 aromatic carbocycles. The summed E-state index contributed by atoms with van der Waals surface area (Å²) in [6.07, 6.45) is 1.61. The van der Waals surface area contributed by atoms with E-state index in [0.717, 1.165) is 18.6 Å². The van der Waals surface area contributed by atoms with Gasteiger partial charge in [0.1, 0.15) is 23.3 Å². The van der Waals surface area contributed by atoms with Crippen LogP contribution in [0.25, 0.3) is 0 Å². The van der Waals surface area contributed by atoms with E-state index in [1.54, 1.807) is 6.92 Å². The minimum Gasteiger partial charge on any atom is -0.383 e. The largest absolute Gasteiger partial charge is 0.383 e. The summed E-state index contributed by atoms with van der Waals surface area (Å²) >= 11 is 0. The van der Waals surface area contributed by atoms with E-state index in [2.05, 4.69) is 5.32 Å². The van der Waals surface area contributed by atoms with Gasteiger partial charge in [-0.1, -0.05) is 13.0 Å². The number of likely N-dealkylation sites (tertiary alicyclic amines) is 1. The highest BCUT2D eigenvalue weighted by atomic mass is 19.1. The zero-order valence-corrected chi connectivity index (χ0v) is 13.8. The second-order valence-electron chi connectivity index (χ2n) is 6.23. The lowest BCUT2D eigenvalue weighted by Crippen LogP contribution is -2.50. The molecule has 24 heavy (non-hydrogen) atoms. The molecule has 132 valence electrons. The Kier molecular flexibility index (Phi) is 5.54. The maximum Gasteiger partial charge on any atom is 0.242 e. The third-order valence-electron chi connectivity index (χ3n) is 4.29. The lowest BCUT2D eigenvalue weighted by Gasteiger charge is -2.29. The van der Waals surface area contributed by atoms with Crippen molar-refractivity contribution in [1.29, 1.82) is 0 Å². The summed E-state index contributed by atoms with van der Waals surface area (Å²) in [6.45, 7) is 3.43. The molecule has 2 rings (SSSR count). The molecule has 2 N–H and O–H groups in total. The first-order chi connectivity index (χ1) is 11.3. The maximum atomic E-state index is 13.8. The number of nitrogens with one attached hydrogen (secondary N) is 1. The number of benzene rings is 1. The Balaban J connectivity index is 2.04. The number of amides is 2. The van der Waals surface area contributed by atoms with Crippen molar-refractivity contribution in [2.45, 2.75) is 44.8 Å². The Morgan fingerprint density at radius 1 is 1.46 bits per heavy atom. The molecule has 0 aromatic heterocycles. The Morgan fingerprint density at radius 3 is 2.71 bits per heavy atom. The van der Waals surface area contributed by atoms with Crippen LogP contribution in [0.2, 0.25) is 0 Å². The van der Waals surface area contributed by atoms with Gasteiger partial charge in [0.2, 0.25) is 11.8 Å². The summed E-state index contributed by atoms with van der Waals surface area (Å²) in [4.78, 5) is 25.7. The molecule has 1 fully saturated rings. The fraction of sp³-hybridized carbons (Fsp3) is 0.529. The third-order valence-corrected chi connectivity index (χ3v) is 4.29. The van der Waals surface area contributed by atoms with Crippen LogP contribution in [-0.4, -0.2) is 41.0 Å². The Morgan fingerprint density at radius 2 is 2.17 bits per heavy atom. The van der Waals surface area contributed by atoms with Gasteiger partial charge in [-0.25, -0.2) is 8.78 Å². The number of hydrogen-bond donors (Lipinski definition) is 2. The fourth-order valence-electron chi connectivity index (χ4n) is 2.94. The first kappa shape index (κ1) is 18.3. The number of nitrogens with zero attached hydrogens (tertiary/aromatic N) is 1. The van der Waals surface area contributed by atoms with Gasteiger partial charge in [0.05, 0.1) is 6.54 Å². The van der Waals surface area contributed by atoms with Crippen LogP contribution in [0.15, 0.2) is 18.2 Å². The first-order valence-corrected chi connectivity index (χ1v) is 8.01. The van der Waals surface area contributed by atoms with Gasteiger partial charge in [-0.05, 0) is 25.8 Å². The van der Waals surface area contributed by atoms with Crippen LogP contribution >= 0.6 is 0 Å². The van der Waals surface area contributed by atoms with Crippen LogP contribution in [-0.2, 0) is 15.2 Å². The van der Waals surface area contributed by atoms with E-state index in [4.69, 9.17) is 0 Å². The van der Waals surface area contributed by atoms with Crippen LogP contribution in [0.4, 0.5) is 8.78 Å². The summed E-state index contributed by atoms with van der Waals surface area (Å²) in [7, 11) is 0. The van der Waals surface area contributed by atoms with E-state index in [1.807, 2.05) is 0 Å².